The van der Waals surface area contributed by atoms with Crippen molar-refractivity contribution in [1.29, 1.82) is 0 Å². The van der Waals surface area contributed by atoms with E-state index in [9.17, 15) is 33.0 Å². The molecule has 1 amide bonds. The minimum absolute atomic E-state index is 0.149. The summed E-state index contributed by atoms with van der Waals surface area (Å²) in [5.74, 6) is -2.64. The predicted octanol–water partition coefficient (Wildman–Crippen LogP) is 2.07. The average molecular weight is 580 g/mol. The van der Waals surface area contributed by atoms with Gasteiger partial charge in [0, 0.05) is 0 Å². The van der Waals surface area contributed by atoms with Crippen molar-refractivity contribution in [3.8, 4) is 5.75 Å². The molecule has 0 aliphatic carbocycles. The summed E-state index contributed by atoms with van der Waals surface area (Å²) in [6.07, 6.45) is -7.01. The molecular weight excluding hydrogens is 560 g/mol. The third-order valence-electron chi connectivity index (χ3n) is 3.26. The third-order valence-corrected chi connectivity index (χ3v) is 8.37. The van der Waals surface area contributed by atoms with Crippen LogP contribution in [-0.2, 0) is 37.2 Å². The molecule has 0 aliphatic rings. The van der Waals surface area contributed by atoms with Gasteiger partial charge in [0.15, 0.2) is 0 Å². The Bertz CT molecular complexity index is 690. The molecule has 1 aromatic carbocycles. The van der Waals surface area contributed by atoms with Crippen LogP contribution in [0.5, 0.6) is 5.75 Å². The van der Waals surface area contributed by atoms with E-state index in [0.717, 1.165) is 6.07 Å². The van der Waals surface area contributed by atoms with Crippen LogP contribution < -0.4 is 8.39 Å². The number of benzene rings is 1. The van der Waals surface area contributed by atoms with Gasteiger partial charge in [-0.3, -0.25) is 0 Å². The number of halogens is 3. The number of phenolic OH excluding ortho intramolecular Hbond substituents is 1. The second kappa shape index (κ2) is 9.09. The fraction of sp³-hybridized carbons (Fsp3) is 0.500. The number of amides is 1. The molecule has 0 aromatic heterocycles. The summed E-state index contributed by atoms with van der Waals surface area (Å²) in [4.78, 5) is 22.5. The summed E-state index contributed by atoms with van der Waals surface area (Å²) < 4.78 is 45.9. The molecule has 0 saturated carbocycles. The van der Waals surface area contributed by atoms with Gasteiger partial charge in [-0.15, -0.1) is 0 Å². The molecule has 148 valence electrons. The number of ether oxygens (including phenoxy) is 1. The predicted molar refractivity (Wildman–Crippen MR) is 83.7 cm³/mol. The van der Waals surface area contributed by atoms with Gasteiger partial charge < -0.3 is 0 Å². The second-order valence-electron chi connectivity index (χ2n) is 6.84. The van der Waals surface area contributed by atoms with Crippen molar-refractivity contribution >= 4 is 15.1 Å². The molecule has 0 saturated heterocycles. The van der Waals surface area contributed by atoms with Gasteiger partial charge in [0.25, 0.3) is 0 Å². The molecule has 27 heavy (non-hydrogen) atoms. The van der Waals surface area contributed by atoms with Crippen molar-refractivity contribution in [1.82, 2.24) is 5.32 Å². The SMILES string of the molecule is C[C@H](NC(=O)OC(C)(C)C)[C@H](O)c1cc[c]([Hg][O]C(=O)C(F)(F)F)c(O)c1. The van der Waals surface area contributed by atoms with Crippen LogP contribution in [0.4, 0.5) is 18.0 Å². The van der Waals surface area contributed by atoms with Crippen LogP contribution in [0.2, 0.25) is 0 Å². The first-order valence-electron chi connectivity index (χ1n) is 7.94. The van der Waals surface area contributed by atoms with Crippen molar-refractivity contribution in [3.05, 3.63) is 23.8 Å². The van der Waals surface area contributed by atoms with Gasteiger partial charge in [-0.05, 0) is 0 Å². The number of phenols is 1. The van der Waals surface area contributed by atoms with Crippen molar-refractivity contribution in [2.75, 3.05) is 0 Å². The number of aliphatic hydroxyl groups excluding tert-OH is 1. The summed E-state index contributed by atoms with van der Waals surface area (Å²) in [5.41, 5.74) is -0.481. The minimum atomic E-state index is -5.07. The van der Waals surface area contributed by atoms with E-state index < -0.39 is 61.0 Å². The van der Waals surface area contributed by atoms with E-state index in [-0.39, 0.29) is 14.4 Å². The van der Waals surface area contributed by atoms with Gasteiger partial charge in [-0.2, -0.15) is 0 Å². The van der Waals surface area contributed by atoms with E-state index in [0.29, 0.717) is 0 Å². The number of alkyl halides is 3. The van der Waals surface area contributed by atoms with Crippen LogP contribution >= 0.6 is 0 Å². The maximum atomic E-state index is 12.1. The van der Waals surface area contributed by atoms with E-state index in [2.05, 4.69) is 7.96 Å². The first-order valence-corrected chi connectivity index (χ1v) is 12.9. The first-order chi connectivity index (χ1) is 12.2. The van der Waals surface area contributed by atoms with Gasteiger partial charge >= 0.3 is 167 Å². The zero-order valence-corrected chi connectivity index (χ0v) is 20.8. The van der Waals surface area contributed by atoms with Gasteiger partial charge in [-0.1, -0.05) is 0 Å². The third kappa shape index (κ3) is 7.91. The monoisotopic (exact) mass is 581 g/mol. The molecule has 0 unspecified atom stereocenters. The van der Waals surface area contributed by atoms with Crippen molar-refractivity contribution < 1.29 is 65.4 Å². The summed E-state index contributed by atoms with van der Waals surface area (Å²) >= 11 is -2.98. The number of nitrogens with one attached hydrogen (secondary N) is 1. The molecule has 3 N–H and O–H groups in total. The Balaban J connectivity index is 2.74. The zero-order chi connectivity index (χ0) is 21.0. The summed E-state index contributed by atoms with van der Waals surface area (Å²) in [5, 5.41) is 22.7. The van der Waals surface area contributed by atoms with E-state index in [1.54, 1.807) is 20.8 Å². The Morgan fingerprint density at radius 3 is 2.30 bits per heavy atom. The Morgan fingerprint density at radius 1 is 1.22 bits per heavy atom. The van der Waals surface area contributed by atoms with E-state index in [4.69, 9.17) is 4.74 Å². The molecule has 11 heteroatoms. The number of aliphatic hydroxyl groups is 1. The number of alkyl carbamates (subject to hydrolysis) is 1. The summed E-state index contributed by atoms with van der Waals surface area (Å²) in [6.45, 7) is 6.57. The fourth-order valence-corrected chi connectivity index (χ4v) is 5.53. The van der Waals surface area contributed by atoms with Crippen LogP contribution in [0.3, 0.4) is 0 Å². The Hall–Kier alpha value is -1.55. The molecule has 1 aromatic rings. The van der Waals surface area contributed by atoms with Gasteiger partial charge in [0.1, 0.15) is 0 Å². The second-order valence-corrected chi connectivity index (χ2v) is 12.0. The number of rotatable bonds is 5. The Labute approximate surface area is 166 Å². The topological polar surface area (TPSA) is 105 Å². The van der Waals surface area contributed by atoms with Crippen LogP contribution in [0, 0.1) is 0 Å². The zero-order valence-electron chi connectivity index (χ0n) is 15.3. The number of hydrogen-bond donors (Lipinski definition) is 3. The molecule has 0 bridgehead atoms. The quantitative estimate of drug-likeness (QED) is 0.462. The van der Waals surface area contributed by atoms with E-state index in [1.807, 2.05) is 0 Å². The van der Waals surface area contributed by atoms with Crippen molar-refractivity contribution in [2.45, 2.75) is 51.6 Å². The molecular formula is C16H20F3HgNO6. The van der Waals surface area contributed by atoms with Gasteiger partial charge in [0.05, 0.1) is 0 Å². The first kappa shape index (κ1) is 23.5. The molecule has 7 nitrogen and oxygen atoms in total. The van der Waals surface area contributed by atoms with Crippen molar-refractivity contribution in [2.24, 2.45) is 0 Å². The fourth-order valence-electron chi connectivity index (χ4n) is 1.97. The molecule has 1 rings (SSSR count). The summed E-state index contributed by atoms with van der Waals surface area (Å²) in [6, 6.07) is 3.08. The molecule has 0 aliphatic heterocycles. The van der Waals surface area contributed by atoms with Crippen LogP contribution in [0.1, 0.15) is 39.4 Å². The molecule has 2 atom stereocenters. The van der Waals surface area contributed by atoms with Crippen LogP contribution in [0.25, 0.3) is 0 Å². The van der Waals surface area contributed by atoms with Gasteiger partial charge in [-0.25, -0.2) is 0 Å². The number of carbonyl (C=O) groups excluding carboxylic acids is 2. The number of aromatic hydroxyl groups is 1. The Morgan fingerprint density at radius 2 is 1.81 bits per heavy atom. The maximum absolute atomic E-state index is 12.1. The van der Waals surface area contributed by atoms with Crippen LogP contribution in [0.15, 0.2) is 18.2 Å². The van der Waals surface area contributed by atoms with E-state index in [1.165, 1.54) is 19.1 Å². The normalized spacial score (nSPS) is 13.9. The van der Waals surface area contributed by atoms with E-state index >= 15 is 0 Å². The van der Waals surface area contributed by atoms with Gasteiger partial charge in [0.2, 0.25) is 0 Å². The number of hydrogen-bond acceptors (Lipinski definition) is 6. The standard InChI is InChI=1S/C14H20NO4.C2HF3O2.Hg/c1-9(15-13(18)19-14(2,3)4)12(17)10-6-5-7-11(16)8-10;3-2(4,5)1(6)7;/h5-6,8-9,12,16-17H,1-4H3,(H,15,18);(H,6,7);/q;;+1/p-1/t9-,12-;;/m0../s1. The Kier molecular flexibility index (Phi) is 7.91. The molecule has 0 spiro atoms. The van der Waals surface area contributed by atoms with Crippen molar-refractivity contribution in [3.63, 3.8) is 0 Å². The number of carbonyl (C=O) groups is 2. The average Bonchev–Trinajstić information content (AvgIpc) is 2.49. The molecule has 0 fully saturated rings. The molecule has 0 radical (unpaired) electrons. The molecule has 0 heterocycles. The summed E-state index contributed by atoms with van der Waals surface area (Å²) in [7, 11) is 0. The van der Waals surface area contributed by atoms with Crippen LogP contribution in [-0.4, -0.2) is 40.1 Å².